The molecular weight excluding hydrogens is 1880 g/mol. The summed E-state index contributed by atoms with van der Waals surface area (Å²) in [5.41, 5.74) is 56.7. The number of nitrogens with one attached hydrogen (secondary N) is 33. The predicted molar refractivity (Wildman–Crippen MR) is 537 cm³/mol. The lowest BCUT2D eigenvalue weighted by Gasteiger charge is -2.29. The van der Waals surface area contributed by atoms with Crippen LogP contribution in [0.15, 0.2) is 42.9 Å². The normalized spacial score (nSPS) is 13.9. The highest BCUT2D eigenvalue weighted by Gasteiger charge is 2.39. The van der Waals surface area contributed by atoms with Crippen LogP contribution in [0.1, 0.15) is 174 Å². The van der Waals surface area contributed by atoms with E-state index in [9.17, 15) is 57.5 Å². The standard InChI is InChI=1S/C85H154N44O15/c1-6-45(3)62(129-72(140)58(30-19-39-114-85(103)104)126-73(141)59(40-48-20-9-8-10-21-48)127-74(142)60(41-49-42-105-44-116-49)128-76(144)63(46(4)7-2)117-47(5)130)75(143)115-43-61(131)118-51(23-12-32-107-78(89)90)65(133)120-53(25-14-34-109-80(93)94)67(135)122-55(27-16-36-111-82(97)98)69(137)124-57(29-18-38-113-84(101)102)71(139)125-56(28-17-37-112-83(99)100)70(138)123-54(26-15-35-110-81(95)96)68(136)121-52(24-13-33-108-79(91)92)66(134)119-50(64(86)132)22-11-31-106-77(87)88/h8-10,20-21,42,44-46,50-60,62-63H,6-7,11-19,22-41,43H2,1-5H3,(H2,86,132)(H,105,116)(H,115,143)(H,117,130)(H,118,131)(H,119,134)(H,120,133)(H,121,136)(H,122,135)(H,123,138)(H,124,137)(H,125,139)(H,126,141)(H,127,142)(H,128,144)(H,129,140)(H4,87,88,106)(H4,89,90,107)(H4,91,92,108)(H4,93,94,109)(H4,95,96,110)(H4,97,98,111)(H4,99,100,112)(H4,101,102,113)(H4,103,104,114)/t45-,46-,50-,51-,52-,53-,54-,55-,56-,57-,58-,59-,60-,62-,63-/m0/s1. The van der Waals surface area contributed by atoms with Gasteiger partial charge in [0.2, 0.25) is 88.6 Å². The molecule has 1 aromatic heterocycles. The Morgan fingerprint density at radius 2 is 0.528 bits per heavy atom. The smallest absolute Gasteiger partial charge is 0.243 e. The number of primary amides is 1. The minimum atomic E-state index is -1.67. The van der Waals surface area contributed by atoms with Crippen LogP contribution >= 0.6 is 0 Å². The summed E-state index contributed by atoms with van der Waals surface area (Å²) in [6.45, 7) is 7.02. The number of guanidine groups is 9. The second-order valence-electron chi connectivity index (χ2n) is 34.1. The number of benzene rings is 1. The van der Waals surface area contributed by atoms with E-state index in [2.05, 4.69) is 132 Å². The molecule has 804 valence electrons. The molecule has 15 atom stereocenters. The molecule has 144 heavy (non-hydrogen) atoms. The van der Waals surface area contributed by atoms with Gasteiger partial charge in [-0.05, 0) is 133 Å². The van der Waals surface area contributed by atoms with E-state index in [0.29, 0.717) is 17.7 Å². The van der Waals surface area contributed by atoms with E-state index in [0.717, 1.165) is 0 Å². The van der Waals surface area contributed by atoms with E-state index in [1.807, 2.05) is 6.92 Å². The summed E-state index contributed by atoms with van der Waals surface area (Å²) in [5.74, 6) is -18.9. The third-order valence-electron chi connectivity index (χ3n) is 22.2. The first-order chi connectivity index (χ1) is 68.1. The number of amides is 15. The SMILES string of the molecule is CC[C@H](C)[C@H](NC(C)=O)C(=O)N[C@@H](Cc1cnc[nH]1)C(=O)N[C@@H](Cc1ccccc1)C(=O)N[C@@H](CCCNC(=N)N)C(=O)N[C@H](C(=O)NCC(=O)N[C@@H](CCCNC(=N)N)C(=O)N[C@@H](CCCNC(=N)N)C(=O)N[C@@H](CCCNC(=N)N)C(=O)N[C@@H](CCCNC(=N)N)C(=O)N[C@@H](CCCNC(=N)N)C(=O)N[C@@H](CCCNC(=N)N)C(=O)N[C@@H](CCCNC(=N)N)C(=O)N[C@@H](CCCNC(=N)N)C(N)=O)[C@@H](C)CC. The van der Waals surface area contributed by atoms with Crippen LogP contribution in [-0.4, -0.2) is 296 Å². The topological polar surface area (TPSA) is 1040 Å². The number of aromatic amines is 1. The highest BCUT2D eigenvalue weighted by Crippen LogP contribution is 2.17. The van der Waals surface area contributed by atoms with E-state index in [1.165, 1.54) is 19.4 Å². The van der Waals surface area contributed by atoms with Crippen LogP contribution in [0.4, 0.5) is 0 Å². The van der Waals surface area contributed by atoms with Gasteiger partial charge in [0, 0.05) is 90.6 Å². The van der Waals surface area contributed by atoms with Crippen molar-refractivity contribution in [3.05, 3.63) is 54.1 Å². The summed E-state index contributed by atoms with van der Waals surface area (Å²) in [4.78, 5) is 223. The summed E-state index contributed by atoms with van der Waals surface area (Å²) in [6.07, 6.45) is 1.33. The van der Waals surface area contributed by atoms with Crippen LogP contribution in [0.2, 0.25) is 0 Å². The van der Waals surface area contributed by atoms with Gasteiger partial charge in [-0.3, -0.25) is 121 Å². The second-order valence-corrected chi connectivity index (χ2v) is 34.1. The molecule has 0 aliphatic carbocycles. The van der Waals surface area contributed by atoms with E-state index in [4.69, 9.17) is 106 Å². The lowest BCUT2D eigenvalue weighted by atomic mass is 9.97. The second kappa shape index (κ2) is 68.9. The molecule has 53 N–H and O–H groups in total. The predicted octanol–water partition coefficient (Wildman–Crippen LogP) is -11.4. The third-order valence-corrected chi connectivity index (χ3v) is 22.2. The Morgan fingerprint density at radius 3 is 0.785 bits per heavy atom. The molecule has 2 rings (SSSR count). The number of imidazole rings is 1. The summed E-state index contributed by atoms with van der Waals surface area (Å²) in [7, 11) is 0. The molecule has 1 heterocycles. The number of rotatable bonds is 72. The molecule has 0 fully saturated rings. The fourth-order valence-electron chi connectivity index (χ4n) is 14.2. The van der Waals surface area contributed by atoms with Crippen LogP contribution in [0, 0.1) is 60.5 Å². The lowest BCUT2D eigenvalue weighted by Crippen LogP contribution is -2.61. The molecule has 0 saturated heterocycles. The van der Waals surface area contributed by atoms with E-state index in [-0.39, 0.29) is 206 Å². The van der Waals surface area contributed by atoms with Crippen molar-refractivity contribution in [2.75, 3.05) is 65.4 Å². The summed E-state index contributed by atoms with van der Waals surface area (Å²) >= 11 is 0. The molecule has 1 aromatic carbocycles. The van der Waals surface area contributed by atoms with Crippen molar-refractivity contribution in [2.24, 2.45) is 69.2 Å². The number of aromatic nitrogens is 2. The fraction of sp³-hybridized carbons (Fsp3) is 0.612. The maximum Gasteiger partial charge on any atom is 0.243 e. The van der Waals surface area contributed by atoms with Crippen LogP contribution in [-0.2, 0) is 84.8 Å². The van der Waals surface area contributed by atoms with Crippen LogP contribution in [0.3, 0.4) is 0 Å². The molecule has 0 spiro atoms. The average molecular weight is 2030 g/mol. The van der Waals surface area contributed by atoms with Crippen molar-refractivity contribution >= 4 is 142 Å². The van der Waals surface area contributed by atoms with Gasteiger partial charge in [0.15, 0.2) is 53.6 Å². The number of hydrogen-bond donors (Lipinski definition) is 43. The molecule has 0 aliphatic heterocycles. The van der Waals surface area contributed by atoms with Crippen molar-refractivity contribution < 1.29 is 71.9 Å². The first kappa shape index (κ1) is 124. The van der Waals surface area contributed by atoms with Crippen LogP contribution < -0.4 is 180 Å². The van der Waals surface area contributed by atoms with Gasteiger partial charge in [-0.1, -0.05) is 70.9 Å². The zero-order chi connectivity index (χ0) is 108. The van der Waals surface area contributed by atoms with Crippen molar-refractivity contribution in [1.29, 1.82) is 48.7 Å². The monoisotopic (exact) mass is 2030 g/mol. The van der Waals surface area contributed by atoms with E-state index in [1.54, 1.807) is 51.1 Å². The zero-order valence-electron chi connectivity index (χ0n) is 82.2. The Labute approximate surface area is 834 Å². The van der Waals surface area contributed by atoms with Gasteiger partial charge in [0.1, 0.15) is 78.5 Å². The molecule has 0 radical (unpaired) electrons. The van der Waals surface area contributed by atoms with Gasteiger partial charge in [-0.15, -0.1) is 0 Å². The fourth-order valence-corrected chi connectivity index (χ4v) is 14.2. The molecule has 0 bridgehead atoms. The average Bonchev–Trinajstić information content (AvgIpc) is 1.12. The van der Waals surface area contributed by atoms with Crippen molar-refractivity contribution in [2.45, 2.75) is 254 Å². The van der Waals surface area contributed by atoms with E-state index < -0.39 is 227 Å². The van der Waals surface area contributed by atoms with Gasteiger partial charge in [-0.25, -0.2) is 4.98 Å². The van der Waals surface area contributed by atoms with Gasteiger partial charge >= 0.3 is 0 Å². The number of H-pyrrole nitrogens is 1. The third kappa shape index (κ3) is 53.9. The number of hydrogen-bond acceptors (Lipinski definition) is 25. The first-order valence-corrected chi connectivity index (χ1v) is 47.3. The minimum absolute atomic E-state index is 0.00478. The molecule has 0 saturated carbocycles. The number of nitrogens with two attached hydrogens (primary N) is 10. The number of carbonyl (C=O) groups excluding carboxylic acids is 15. The van der Waals surface area contributed by atoms with Crippen molar-refractivity contribution in [3.8, 4) is 0 Å². The molecule has 2 aromatic rings. The molecule has 59 nitrogen and oxygen atoms in total. The zero-order valence-corrected chi connectivity index (χ0v) is 82.2. The van der Waals surface area contributed by atoms with Gasteiger partial charge in [-0.2, -0.15) is 0 Å². The van der Waals surface area contributed by atoms with Crippen molar-refractivity contribution in [1.82, 2.24) is 132 Å². The number of carbonyl (C=O) groups is 15. The summed E-state index contributed by atoms with van der Waals surface area (Å²) in [6, 6.07) is -10.9. The van der Waals surface area contributed by atoms with E-state index >= 15 is 14.4 Å². The summed E-state index contributed by atoms with van der Waals surface area (Å²) < 4.78 is 0. The maximum atomic E-state index is 15.1. The minimum Gasteiger partial charge on any atom is -0.370 e. The van der Waals surface area contributed by atoms with Gasteiger partial charge in [0.05, 0.1) is 12.9 Å². The Hall–Kier alpha value is -16.1. The van der Waals surface area contributed by atoms with Crippen LogP contribution in [0.25, 0.3) is 0 Å². The molecule has 0 unspecified atom stereocenters. The first-order valence-electron chi connectivity index (χ1n) is 47.3. The lowest BCUT2D eigenvalue weighted by molar-refractivity contribution is -0.136. The van der Waals surface area contributed by atoms with Gasteiger partial charge in [0.25, 0.3) is 0 Å². The van der Waals surface area contributed by atoms with Crippen LogP contribution in [0.5, 0.6) is 0 Å². The summed E-state index contributed by atoms with van der Waals surface area (Å²) in [5, 5.41) is 130. The highest BCUT2D eigenvalue weighted by molar-refractivity contribution is 6.01. The quantitative estimate of drug-likeness (QED) is 0.0166. The molecular formula is C85H154N44O15. The van der Waals surface area contributed by atoms with Crippen molar-refractivity contribution in [3.63, 3.8) is 0 Å². The Morgan fingerprint density at radius 1 is 0.292 bits per heavy atom. The number of nitrogens with zero attached hydrogens (tertiary/aromatic N) is 1. The molecule has 59 heteroatoms. The van der Waals surface area contributed by atoms with Gasteiger partial charge < -0.3 is 185 Å². The molecule has 15 amide bonds. The highest BCUT2D eigenvalue weighted by atomic mass is 16.2. The molecule has 0 aliphatic rings. The maximum absolute atomic E-state index is 15.1. The largest absolute Gasteiger partial charge is 0.370 e. The Balaban J connectivity index is 2.78. The Bertz CT molecular complexity index is 4570. The Kier molecular flexibility index (Phi) is 59.3.